The zero-order valence-electron chi connectivity index (χ0n) is 13.6. The Morgan fingerprint density at radius 1 is 1.38 bits per heavy atom. The van der Waals surface area contributed by atoms with Crippen molar-refractivity contribution in [3.63, 3.8) is 0 Å². The monoisotopic (exact) mass is 364 g/mol. The molecule has 26 heavy (non-hydrogen) atoms. The van der Waals surface area contributed by atoms with Crippen molar-refractivity contribution in [1.29, 1.82) is 0 Å². The number of alkyl halides is 2. The Bertz CT molecular complexity index is 1090. The molecule has 136 valence electrons. The molecule has 0 bridgehead atoms. The van der Waals surface area contributed by atoms with E-state index >= 15 is 0 Å². The van der Waals surface area contributed by atoms with E-state index in [4.69, 9.17) is 4.74 Å². The number of ether oxygens (including phenoxy) is 1. The van der Waals surface area contributed by atoms with Crippen molar-refractivity contribution < 1.29 is 13.5 Å². The van der Waals surface area contributed by atoms with E-state index in [1.165, 1.54) is 35.0 Å². The lowest BCUT2D eigenvalue weighted by molar-refractivity contribution is -0.0889. The van der Waals surface area contributed by atoms with Crippen molar-refractivity contribution in [2.45, 2.75) is 12.0 Å². The lowest BCUT2D eigenvalue weighted by atomic mass is 10.2. The highest BCUT2D eigenvalue weighted by molar-refractivity contribution is 5.74. The quantitative estimate of drug-likeness (QED) is 0.689. The zero-order valence-corrected chi connectivity index (χ0v) is 13.6. The first-order valence-electron chi connectivity index (χ1n) is 7.71. The number of aromatic amines is 2. The largest absolute Gasteiger partial charge is 0.373 e. The SMILES string of the molecule is COC1CN(c2cc(-c3c[nH]c(=O)[nH]c3=O)nn3ccnc23)CC1(F)F. The number of fused-ring (bicyclic) bond motifs is 1. The maximum atomic E-state index is 14.1. The van der Waals surface area contributed by atoms with E-state index in [0.29, 0.717) is 11.3 Å². The third-order valence-electron chi connectivity index (χ3n) is 4.32. The van der Waals surface area contributed by atoms with E-state index in [0.717, 1.165) is 0 Å². The van der Waals surface area contributed by atoms with Gasteiger partial charge in [-0.3, -0.25) is 9.78 Å². The number of aromatic nitrogens is 5. The van der Waals surface area contributed by atoms with Gasteiger partial charge in [-0.1, -0.05) is 0 Å². The minimum absolute atomic E-state index is 0.0303. The van der Waals surface area contributed by atoms with Gasteiger partial charge in [0.25, 0.3) is 11.5 Å². The second-order valence-electron chi connectivity index (χ2n) is 5.96. The molecular weight excluding hydrogens is 350 g/mol. The first-order chi connectivity index (χ1) is 12.4. The third kappa shape index (κ3) is 2.56. The Balaban J connectivity index is 1.86. The highest BCUT2D eigenvalue weighted by atomic mass is 19.3. The van der Waals surface area contributed by atoms with Gasteiger partial charge in [-0.2, -0.15) is 5.10 Å². The number of nitrogens with one attached hydrogen (secondary N) is 2. The Morgan fingerprint density at radius 2 is 2.19 bits per heavy atom. The number of nitrogens with zero attached hydrogens (tertiary/aromatic N) is 4. The van der Waals surface area contributed by atoms with E-state index in [-0.39, 0.29) is 17.8 Å². The van der Waals surface area contributed by atoms with E-state index in [9.17, 15) is 18.4 Å². The molecule has 2 N–H and O–H groups in total. The molecule has 3 aromatic rings. The van der Waals surface area contributed by atoms with Crippen LogP contribution in [0, 0.1) is 0 Å². The fourth-order valence-electron chi connectivity index (χ4n) is 3.05. The lowest BCUT2D eigenvalue weighted by Gasteiger charge is -2.19. The van der Waals surface area contributed by atoms with E-state index in [1.807, 2.05) is 0 Å². The molecule has 0 saturated carbocycles. The van der Waals surface area contributed by atoms with E-state index in [1.54, 1.807) is 6.20 Å². The highest BCUT2D eigenvalue weighted by Crippen LogP contribution is 2.35. The Labute approximate surface area is 144 Å². The molecule has 0 radical (unpaired) electrons. The maximum Gasteiger partial charge on any atom is 0.325 e. The number of methoxy groups -OCH3 is 1. The number of imidazole rings is 1. The molecule has 1 aliphatic rings. The predicted molar refractivity (Wildman–Crippen MR) is 87.6 cm³/mol. The molecule has 1 atom stereocenters. The van der Waals surface area contributed by atoms with Gasteiger partial charge in [0.1, 0.15) is 11.8 Å². The summed E-state index contributed by atoms with van der Waals surface area (Å²) in [6.45, 7) is -0.573. The smallest absolute Gasteiger partial charge is 0.325 e. The van der Waals surface area contributed by atoms with Gasteiger partial charge in [0.15, 0.2) is 5.65 Å². The summed E-state index contributed by atoms with van der Waals surface area (Å²) in [6.07, 6.45) is 3.01. The topological polar surface area (TPSA) is 108 Å². The van der Waals surface area contributed by atoms with Crippen molar-refractivity contribution in [2.24, 2.45) is 0 Å². The van der Waals surface area contributed by atoms with Gasteiger partial charge >= 0.3 is 5.69 Å². The summed E-state index contributed by atoms with van der Waals surface area (Å²) in [5, 5.41) is 4.27. The van der Waals surface area contributed by atoms with Crippen molar-refractivity contribution in [1.82, 2.24) is 24.6 Å². The number of anilines is 1. The van der Waals surface area contributed by atoms with Crippen LogP contribution in [0.3, 0.4) is 0 Å². The summed E-state index contributed by atoms with van der Waals surface area (Å²) >= 11 is 0. The van der Waals surface area contributed by atoms with Crippen LogP contribution in [-0.2, 0) is 4.74 Å². The standard InChI is InChI=1S/C15H14F2N6O3/c1-26-11-6-22(7-15(11,16)17)10-4-9(21-23-3-2-18-12(10)23)8-5-19-14(25)20-13(8)24/h2-5,11H,6-7H2,1H3,(H2,19,20,24,25). The predicted octanol–water partition coefficient (Wildman–Crippen LogP) is 0.243. The molecule has 1 fully saturated rings. The normalized spacial score (nSPS) is 19.3. The fraction of sp³-hybridized carbons (Fsp3) is 0.333. The molecule has 9 nitrogen and oxygen atoms in total. The van der Waals surface area contributed by atoms with Crippen LogP contribution < -0.4 is 16.1 Å². The fourth-order valence-corrected chi connectivity index (χ4v) is 3.05. The molecule has 0 spiro atoms. The highest BCUT2D eigenvalue weighted by Gasteiger charge is 2.49. The maximum absolute atomic E-state index is 14.1. The molecule has 4 heterocycles. The first kappa shape index (κ1) is 16.4. The van der Waals surface area contributed by atoms with Gasteiger partial charge in [-0.15, -0.1) is 0 Å². The van der Waals surface area contributed by atoms with Crippen LogP contribution in [0.25, 0.3) is 16.9 Å². The molecule has 0 aromatic carbocycles. The first-order valence-corrected chi connectivity index (χ1v) is 7.71. The van der Waals surface area contributed by atoms with Crippen LogP contribution in [0.1, 0.15) is 0 Å². The summed E-state index contributed by atoms with van der Waals surface area (Å²) < 4.78 is 34.5. The van der Waals surface area contributed by atoms with E-state index < -0.39 is 29.8 Å². The molecule has 1 saturated heterocycles. The van der Waals surface area contributed by atoms with Crippen LogP contribution in [0.4, 0.5) is 14.5 Å². The van der Waals surface area contributed by atoms with Gasteiger partial charge in [-0.05, 0) is 6.07 Å². The van der Waals surface area contributed by atoms with Crippen molar-refractivity contribution in [3.8, 4) is 11.3 Å². The average molecular weight is 364 g/mol. The van der Waals surface area contributed by atoms with Crippen LogP contribution in [0.5, 0.6) is 0 Å². The van der Waals surface area contributed by atoms with Crippen molar-refractivity contribution >= 4 is 11.3 Å². The minimum Gasteiger partial charge on any atom is -0.373 e. The zero-order chi connectivity index (χ0) is 18.5. The van der Waals surface area contributed by atoms with Gasteiger partial charge in [-0.25, -0.2) is 23.1 Å². The molecular formula is C15H14F2N6O3. The summed E-state index contributed by atoms with van der Waals surface area (Å²) in [4.78, 5) is 33.4. The second kappa shape index (κ2) is 5.73. The number of H-pyrrole nitrogens is 2. The van der Waals surface area contributed by atoms with E-state index in [2.05, 4.69) is 20.1 Å². The molecule has 4 rings (SSSR count). The minimum atomic E-state index is -3.02. The summed E-state index contributed by atoms with van der Waals surface area (Å²) in [5.74, 6) is -3.02. The van der Waals surface area contributed by atoms with Crippen LogP contribution in [0.15, 0.2) is 34.2 Å². The average Bonchev–Trinajstić information content (AvgIpc) is 3.17. The van der Waals surface area contributed by atoms with Crippen LogP contribution in [0.2, 0.25) is 0 Å². The Morgan fingerprint density at radius 3 is 2.88 bits per heavy atom. The van der Waals surface area contributed by atoms with Crippen molar-refractivity contribution in [3.05, 3.63) is 45.5 Å². The van der Waals surface area contributed by atoms with Crippen molar-refractivity contribution in [2.75, 3.05) is 25.1 Å². The summed E-state index contributed by atoms with van der Waals surface area (Å²) in [7, 11) is 1.24. The van der Waals surface area contributed by atoms with Gasteiger partial charge in [0.05, 0.1) is 24.3 Å². The molecule has 1 unspecified atom stereocenters. The molecule has 1 aliphatic heterocycles. The summed E-state index contributed by atoms with van der Waals surface area (Å²) in [6, 6.07) is 1.50. The Kier molecular flexibility index (Phi) is 3.61. The van der Waals surface area contributed by atoms with Gasteiger partial charge in [0, 0.05) is 25.7 Å². The van der Waals surface area contributed by atoms with Gasteiger partial charge < -0.3 is 14.6 Å². The summed E-state index contributed by atoms with van der Waals surface area (Å²) in [5.41, 5.74) is -0.187. The molecule has 3 aromatic heterocycles. The Hall–Kier alpha value is -3.08. The third-order valence-corrected chi connectivity index (χ3v) is 4.32. The molecule has 0 aliphatic carbocycles. The van der Waals surface area contributed by atoms with Crippen LogP contribution >= 0.6 is 0 Å². The molecule has 0 amide bonds. The van der Waals surface area contributed by atoms with Gasteiger partial charge in [0.2, 0.25) is 0 Å². The number of halogens is 2. The molecule has 11 heteroatoms. The second-order valence-corrected chi connectivity index (χ2v) is 5.96. The number of hydrogen-bond donors (Lipinski definition) is 2. The number of hydrogen-bond acceptors (Lipinski definition) is 6. The van der Waals surface area contributed by atoms with Crippen LogP contribution in [-0.4, -0.2) is 56.8 Å². The lowest BCUT2D eigenvalue weighted by Crippen LogP contribution is -2.33. The number of rotatable bonds is 3.